The van der Waals surface area contributed by atoms with Crippen LogP contribution in [0.1, 0.15) is 23.2 Å². The number of aliphatic carboxylic acids is 1. The number of aromatic nitrogens is 2. The summed E-state index contributed by atoms with van der Waals surface area (Å²) in [4.78, 5) is 42.8. The third kappa shape index (κ3) is 3.57. The predicted molar refractivity (Wildman–Crippen MR) is 131 cm³/mol. The SMILES string of the molecule is Cc1nc(S(C)=O)c2sc(C3=C(C(=O)O)N4C(=O)[C@H]([C@@H](C)O)[C@H]4C3Cc3ccc([N+](=O)[O-])cc3)cn12. The smallest absolute Gasteiger partial charge is 0.352 e. The third-order valence-corrected chi connectivity index (χ3v) is 8.88. The minimum absolute atomic E-state index is 0.0639. The maximum absolute atomic E-state index is 13.0. The lowest BCUT2D eigenvalue weighted by atomic mass is 9.74. The van der Waals surface area contributed by atoms with E-state index < -0.39 is 51.6 Å². The van der Waals surface area contributed by atoms with Gasteiger partial charge in [-0.05, 0) is 25.8 Å². The summed E-state index contributed by atoms with van der Waals surface area (Å²) in [5, 5.41) is 32.0. The zero-order valence-corrected chi connectivity index (χ0v) is 21.1. The number of aliphatic hydroxyl groups excluding tert-OH is 1. The van der Waals surface area contributed by atoms with Gasteiger partial charge in [0.15, 0.2) is 5.03 Å². The average Bonchev–Trinajstić information content (AvgIpc) is 3.44. The topological polar surface area (TPSA) is 155 Å². The number of rotatable bonds is 7. The molecule has 5 atom stereocenters. The van der Waals surface area contributed by atoms with Gasteiger partial charge in [0.25, 0.3) is 5.69 Å². The minimum Gasteiger partial charge on any atom is -0.477 e. The highest BCUT2D eigenvalue weighted by Gasteiger charge is 2.61. The molecule has 0 spiro atoms. The van der Waals surface area contributed by atoms with Crippen LogP contribution in [0.5, 0.6) is 0 Å². The first kappa shape index (κ1) is 24.3. The Bertz CT molecular complexity index is 1490. The number of nitro benzene ring substituents is 1. The molecule has 2 N–H and O–H groups in total. The minimum atomic E-state index is -1.36. The number of fused-ring (bicyclic) bond motifs is 2. The molecule has 2 unspecified atom stereocenters. The summed E-state index contributed by atoms with van der Waals surface area (Å²) in [6, 6.07) is 5.42. The van der Waals surface area contributed by atoms with Crippen molar-refractivity contribution in [3.63, 3.8) is 0 Å². The Morgan fingerprint density at radius 1 is 1.33 bits per heavy atom. The summed E-state index contributed by atoms with van der Waals surface area (Å²) >= 11 is 1.25. The van der Waals surface area contributed by atoms with Gasteiger partial charge < -0.3 is 15.1 Å². The van der Waals surface area contributed by atoms with Crippen LogP contribution in [0, 0.1) is 28.9 Å². The number of aliphatic hydroxyl groups is 1. The fourth-order valence-corrected chi connectivity index (χ4v) is 7.46. The highest BCUT2D eigenvalue weighted by Crippen LogP contribution is 2.53. The van der Waals surface area contributed by atoms with E-state index in [4.69, 9.17) is 0 Å². The number of nitrogens with zero attached hydrogens (tertiary/aromatic N) is 4. The molecule has 1 fully saturated rings. The maximum atomic E-state index is 13.0. The van der Waals surface area contributed by atoms with Gasteiger partial charge in [0.05, 0.1) is 38.7 Å². The van der Waals surface area contributed by atoms with Gasteiger partial charge in [0.2, 0.25) is 5.91 Å². The molecule has 1 aromatic carbocycles. The number of non-ortho nitro benzene ring substituents is 1. The van der Waals surface area contributed by atoms with Crippen molar-refractivity contribution in [3.05, 3.63) is 62.5 Å². The fraction of sp³-hybridized carbons (Fsp3) is 0.348. The zero-order valence-electron chi connectivity index (χ0n) is 19.4. The third-order valence-electron chi connectivity index (χ3n) is 6.80. The van der Waals surface area contributed by atoms with Gasteiger partial charge in [-0.15, -0.1) is 11.3 Å². The first-order chi connectivity index (χ1) is 17.0. The Balaban J connectivity index is 1.67. The van der Waals surface area contributed by atoms with E-state index in [9.17, 15) is 34.1 Å². The van der Waals surface area contributed by atoms with Gasteiger partial charge >= 0.3 is 5.97 Å². The molecule has 1 amide bonds. The lowest BCUT2D eigenvalue weighted by Crippen LogP contribution is -2.64. The number of benzene rings is 1. The van der Waals surface area contributed by atoms with Crippen molar-refractivity contribution in [1.82, 2.24) is 14.3 Å². The number of nitro groups is 1. The summed E-state index contributed by atoms with van der Waals surface area (Å²) < 4.78 is 14.0. The predicted octanol–water partition coefficient (Wildman–Crippen LogP) is 2.23. The molecule has 2 aromatic heterocycles. The molecular formula is C23H22N4O7S2. The molecule has 2 aliphatic rings. The molecule has 13 heteroatoms. The van der Waals surface area contributed by atoms with Crippen LogP contribution >= 0.6 is 11.3 Å². The summed E-state index contributed by atoms with van der Waals surface area (Å²) in [5.74, 6) is -2.37. The van der Waals surface area contributed by atoms with Crippen LogP contribution in [0.4, 0.5) is 5.69 Å². The molecule has 5 rings (SSSR count). The summed E-state index contributed by atoms with van der Waals surface area (Å²) in [7, 11) is -1.36. The van der Waals surface area contributed by atoms with Crippen molar-refractivity contribution in [2.45, 2.75) is 37.4 Å². The largest absolute Gasteiger partial charge is 0.477 e. The van der Waals surface area contributed by atoms with E-state index in [-0.39, 0.29) is 11.4 Å². The van der Waals surface area contributed by atoms with Crippen molar-refractivity contribution in [2.24, 2.45) is 11.8 Å². The van der Waals surface area contributed by atoms with Gasteiger partial charge in [-0.1, -0.05) is 12.1 Å². The van der Waals surface area contributed by atoms with E-state index in [0.717, 1.165) is 5.56 Å². The highest BCUT2D eigenvalue weighted by atomic mass is 32.2. The maximum Gasteiger partial charge on any atom is 0.352 e. The summed E-state index contributed by atoms with van der Waals surface area (Å²) in [6.45, 7) is 3.27. The van der Waals surface area contributed by atoms with E-state index in [1.165, 1.54) is 41.5 Å². The molecule has 0 saturated carbocycles. The van der Waals surface area contributed by atoms with Crippen LogP contribution in [-0.2, 0) is 26.8 Å². The number of imidazole rings is 1. The fourth-order valence-electron chi connectivity index (χ4n) is 5.24. The van der Waals surface area contributed by atoms with Crippen molar-refractivity contribution in [1.29, 1.82) is 0 Å². The summed E-state index contributed by atoms with van der Waals surface area (Å²) in [5.41, 5.74) is 0.979. The Morgan fingerprint density at radius 2 is 2.00 bits per heavy atom. The number of hydrogen-bond donors (Lipinski definition) is 2. The first-order valence-electron chi connectivity index (χ1n) is 11.1. The van der Waals surface area contributed by atoms with Crippen molar-refractivity contribution in [3.8, 4) is 0 Å². The molecular weight excluding hydrogens is 508 g/mol. The standard InChI is InChI=1S/C23H22N4O7S2/c1-10(28)16-18-14(8-12-4-6-13(7-5-12)27(32)33)17(19(23(30)31)26(18)21(16)29)15-9-25-11(2)24-20(36(3)34)22(25)35-15/h4-7,9-10,14,16,18,28H,8H2,1-3H3,(H,30,31)/t10-,14?,16-,18-,36?/m1/s1. The van der Waals surface area contributed by atoms with Gasteiger partial charge in [-0.25, -0.2) is 9.78 Å². The molecule has 4 heterocycles. The van der Waals surface area contributed by atoms with Crippen LogP contribution in [-0.4, -0.2) is 63.9 Å². The van der Waals surface area contributed by atoms with Crippen LogP contribution in [0.3, 0.4) is 0 Å². The highest BCUT2D eigenvalue weighted by molar-refractivity contribution is 7.84. The number of aryl methyl sites for hydroxylation is 1. The number of hydrogen-bond acceptors (Lipinski definition) is 8. The van der Waals surface area contributed by atoms with E-state index in [0.29, 0.717) is 32.6 Å². The second kappa shape index (κ2) is 8.61. The van der Waals surface area contributed by atoms with Crippen molar-refractivity contribution >= 4 is 50.1 Å². The van der Waals surface area contributed by atoms with E-state index >= 15 is 0 Å². The Labute approximate surface area is 211 Å². The van der Waals surface area contributed by atoms with E-state index in [1.54, 1.807) is 29.7 Å². The van der Waals surface area contributed by atoms with Crippen molar-refractivity contribution in [2.75, 3.05) is 6.26 Å². The molecule has 3 aromatic rings. The van der Waals surface area contributed by atoms with Crippen LogP contribution in [0.15, 0.2) is 41.2 Å². The molecule has 2 aliphatic heterocycles. The molecule has 0 bridgehead atoms. The molecule has 1 saturated heterocycles. The normalized spacial score (nSPS) is 23.1. The van der Waals surface area contributed by atoms with Gasteiger partial charge in [-0.3, -0.25) is 23.5 Å². The Hall–Kier alpha value is -3.42. The number of carboxylic acid groups (broad SMARTS) is 1. The number of thiazole rings is 1. The van der Waals surface area contributed by atoms with E-state index in [2.05, 4.69) is 4.98 Å². The molecule has 11 nitrogen and oxygen atoms in total. The van der Waals surface area contributed by atoms with Crippen LogP contribution < -0.4 is 0 Å². The van der Waals surface area contributed by atoms with Crippen LogP contribution in [0.2, 0.25) is 0 Å². The van der Waals surface area contributed by atoms with Crippen molar-refractivity contribution < 1.29 is 28.9 Å². The molecule has 0 radical (unpaired) electrons. The lowest BCUT2D eigenvalue weighted by Gasteiger charge is -2.47. The average molecular weight is 531 g/mol. The number of carbonyl (C=O) groups excluding carboxylic acids is 1. The van der Waals surface area contributed by atoms with E-state index in [1.807, 2.05) is 0 Å². The quantitative estimate of drug-likeness (QED) is 0.268. The van der Waals surface area contributed by atoms with Crippen LogP contribution in [0.25, 0.3) is 10.4 Å². The number of carboxylic acids is 1. The second-order valence-electron chi connectivity index (χ2n) is 8.96. The van der Waals surface area contributed by atoms with Gasteiger partial charge in [-0.2, -0.15) is 0 Å². The number of β-lactam (4-membered cyclic amide) rings is 1. The Morgan fingerprint density at radius 3 is 2.56 bits per heavy atom. The molecule has 188 valence electrons. The second-order valence-corrected chi connectivity index (χ2v) is 11.3. The zero-order chi connectivity index (χ0) is 26.0. The van der Waals surface area contributed by atoms with Gasteiger partial charge in [0, 0.05) is 36.1 Å². The Kier molecular flexibility index (Phi) is 5.80. The monoisotopic (exact) mass is 530 g/mol. The first-order valence-corrected chi connectivity index (χ1v) is 13.4. The lowest BCUT2D eigenvalue weighted by molar-refractivity contribution is -0.384. The molecule has 0 aliphatic carbocycles. The number of amides is 1. The summed E-state index contributed by atoms with van der Waals surface area (Å²) in [6.07, 6.45) is 2.59. The van der Waals surface area contributed by atoms with Gasteiger partial charge in [0.1, 0.15) is 16.4 Å². The molecule has 36 heavy (non-hydrogen) atoms. The number of carbonyl (C=O) groups is 2.